The van der Waals surface area contributed by atoms with Crippen molar-refractivity contribution in [1.82, 2.24) is 0 Å². The lowest BCUT2D eigenvalue weighted by atomic mass is 10.2. The number of hydrogen-bond acceptors (Lipinski definition) is 4. The molecule has 0 bridgehead atoms. The molecule has 0 aromatic heterocycles. The number of anilines is 1. The van der Waals surface area contributed by atoms with Gasteiger partial charge in [0.15, 0.2) is 0 Å². The molecule has 1 aromatic rings. The van der Waals surface area contributed by atoms with Gasteiger partial charge < -0.3 is 19.6 Å². The molecule has 0 amide bonds. The van der Waals surface area contributed by atoms with Gasteiger partial charge in [-0.3, -0.25) is 0 Å². The van der Waals surface area contributed by atoms with Crippen LogP contribution in [0.15, 0.2) is 24.3 Å². The Labute approximate surface area is 77.6 Å². The van der Waals surface area contributed by atoms with Crippen molar-refractivity contribution in [3.05, 3.63) is 24.3 Å². The van der Waals surface area contributed by atoms with Gasteiger partial charge in [-0.05, 0) is 12.1 Å². The van der Waals surface area contributed by atoms with Gasteiger partial charge in [-0.2, -0.15) is 0 Å². The molecule has 0 aliphatic heterocycles. The Morgan fingerprint density at radius 2 is 1.85 bits per heavy atom. The lowest BCUT2D eigenvalue weighted by molar-refractivity contribution is 0.288. The first-order chi connectivity index (χ1) is 6.11. The maximum atomic E-state index is 8.63. The van der Waals surface area contributed by atoms with Crippen LogP contribution in [-0.4, -0.2) is 31.5 Å². The minimum absolute atomic E-state index is 0.447. The smallest absolute Gasteiger partial charge is 0.510 e. The maximum Gasteiger partial charge on any atom is 0.707 e. The summed E-state index contributed by atoms with van der Waals surface area (Å²) in [5, 5.41) is 17.3. The summed E-state index contributed by atoms with van der Waals surface area (Å²) < 4.78 is 4.78. The van der Waals surface area contributed by atoms with Crippen LogP contribution in [-0.2, 0) is 0 Å². The summed E-state index contributed by atoms with van der Waals surface area (Å²) >= 11 is 0. The van der Waals surface area contributed by atoms with Crippen molar-refractivity contribution in [3.8, 4) is 5.75 Å². The van der Waals surface area contributed by atoms with E-state index in [0.717, 1.165) is 5.69 Å². The van der Waals surface area contributed by atoms with Gasteiger partial charge in [0.2, 0.25) is 0 Å². The van der Waals surface area contributed by atoms with Gasteiger partial charge in [0.1, 0.15) is 5.75 Å². The highest BCUT2D eigenvalue weighted by Crippen LogP contribution is 2.25. The monoisotopic (exact) mass is 181 g/mol. The molecule has 1 rings (SSSR count). The topological polar surface area (TPSA) is 52.9 Å². The molecule has 5 heteroatoms. The summed E-state index contributed by atoms with van der Waals surface area (Å²) in [7, 11) is 1.93. The minimum atomic E-state index is -1.78. The lowest BCUT2D eigenvalue weighted by Crippen LogP contribution is -2.22. The van der Waals surface area contributed by atoms with Crippen molar-refractivity contribution in [1.29, 1.82) is 0 Å². The van der Waals surface area contributed by atoms with E-state index in [1.54, 1.807) is 12.1 Å². The number of nitrogens with zero attached hydrogens (tertiary/aromatic N) is 1. The largest absolute Gasteiger partial charge is 0.707 e. The van der Waals surface area contributed by atoms with Crippen LogP contribution in [0.25, 0.3) is 0 Å². The third-order valence-corrected chi connectivity index (χ3v) is 1.58. The second kappa shape index (κ2) is 4.16. The van der Waals surface area contributed by atoms with Crippen molar-refractivity contribution >= 4 is 13.0 Å². The van der Waals surface area contributed by atoms with E-state index in [2.05, 4.69) is 0 Å². The molecule has 0 atom stereocenters. The predicted octanol–water partition coefficient (Wildman–Crippen LogP) is 0.101. The summed E-state index contributed by atoms with van der Waals surface area (Å²) in [4.78, 5) is 1.83. The predicted molar refractivity (Wildman–Crippen MR) is 51.6 cm³/mol. The molecule has 13 heavy (non-hydrogen) atoms. The second-order valence-electron chi connectivity index (χ2n) is 2.81. The fourth-order valence-corrected chi connectivity index (χ4v) is 1.04. The van der Waals surface area contributed by atoms with Gasteiger partial charge in [0, 0.05) is 14.1 Å². The molecular formula is C8H12BNO3. The Bertz CT molecular complexity index is 278. The number of hydrogen-bond donors (Lipinski definition) is 2. The number of rotatable bonds is 3. The van der Waals surface area contributed by atoms with E-state index in [-0.39, 0.29) is 0 Å². The van der Waals surface area contributed by atoms with Crippen LogP contribution in [0.5, 0.6) is 5.75 Å². The van der Waals surface area contributed by atoms with Gasteiger partial charge in [-0.25, -0.2) is 0 Å². The molecule has 0 saturated carbocycles. The van der Waals surface area contributed by atoms with Crippen LogP contribution in [0.2, 0.25) is 0 Å². The molecule has 0 fully saturated rings. The van der Waals surface area contributed by atoms with E-state index >= 15 is 0 Å². The molecule has 0 aliphatic rings. The van der Waals surface area contributed by atoms with Gasteiger partial charge in [0.05, 0.1) is 5.69 Å². The first-order valence-corrected chi connectivity index (χ1v) is 3.90. The van der Waals surface area contributed by atoms with Crippen molar-refractivity contribution in [2.24, 2.45) is 0 Å². The molecule has 70 valence electrons. The Morgan fingerprint density at radius 3 is 2.38 bits per heavy atom. The summed E-state index contributed by atoms with van der Waals surface area (Å²) in [5.74, 6) is 0.447. The standard InChI is InChI=1S/C8H12BNO3/c1-10(2)7-5-3-4-6-8(7)13-9(11)12/h3-6,11-12H,1-2H3. The zero-order chi connectivity index (χ0) is 9.84. The first kappa shape index (κ1) is 9.89. The zero-order valence-corrected chi connectivity index (χ0v) is 7.64. The fourth-order valence-electron chi connectivity index (χ4n) is 1.04. The zero-order valence-electron chi connectivity index (χ0n) is 7.64. The molecule has 0 aliphatic carbocycles. The van der Waals surface area contributed by atoms with E-state index in [9.17, 15) is 0 Å². The molecule has 0 unspecified atom stereocenters. The SMILES string of the molecule is CN(C)c1ccccc1OB(O)O. The molecule has 0 spiro atoms. The van der Waals surface area contributed by atoms with Crippen molar-refractivity contribution in [2.75, 3.05) is 19.0 Å². The first-order valence-electron chi connectivity index (χ1n) is 3.90. The average molecular weight is 181 g/mol. The Balaban J connectivity index is 2.91. The molecule has 4 nitrogen and oxygen atoms in total. The Hall–Kier alpha value is -1.20. The summed E-state index contributed by atoms with van der Waals surface area (Å²) in [6.45, 7) is 0. The van der Waals surface area contributed by atoms with E-state index in [0.29, 0.717) is 5.75 Å². The fraction of sp³-hybridized carbons (Fsp3) is 0.250. The van der Waals surface area contributed by atoms with E-state index in [1.165, 1.54) is 0 Å². The van der Waals surface area contributed by atoms with E-state index in [1.807, 2.05) is 31.1 Å². The maximum absolute atomic E-state index is 8.63. The van der Waals surface area contributed by atoms with Crippen LogP contribution in [0, 0.1) is 0 Å². The van der Waals surface area contributed by atoms with E-state index in [4.69, 9.17) is 14.7 Å². The normalized spacial score (nSPS) is 9.54. The third-order valence-electron chi connectivity index (χ3n) is 1.58. The molecule has 1 aromatic carbocycles. The van der Waals surface area contributed by atoms with Crippen molar-refractivity contribution < 1.29 is 14.7 Å². The van der Waals surface area contributed by atoms with Crippen molar-refractivity contribution in [2.45, 2.75) is 0 Å². The minimum Gasteiger partial charge on any atom is -0.510 e. The van der Waals surface area contributed by atoms with Gasteiger partial charge in [-0.15, -0.1) is 0 Å². The van der Waals surface area contributed by atoms with Crippen LogP contribution in [0.4, 0.5) is 5.69 Å². The summed E-state index contributed by atoms with van der Waals surface area (Å²) in [6.07, 6.45) is 0. The quantitative estimate of drug-likeness (QED) is 0.649. The number of benzene rings is 1. The third kappa shape index (κ3) is 2.64. The van der Waals surface area contributed by atoms with Crippen LogP contribution in [0.3, 0.4) is 0 Å². The van der Waals surface area contributed by atoms with Gasteiger partial charge in [-0.1, -0.05) is 12.1 Å². The van der Waals surface area contributed by atoms with Crippen LogP contribution < -0.4 is 9.55 Å². The highest BCUT2D eigenvalue weighted by Gasteiger charge is 2.14. The molecule has 2 N–H and O–H groups in total. The molecular weight excluding hydrogens is 169 g/mol. The lowest BCUT2D eigenvalue weighted by Gasteiger charge is -2.17. The van der Waals surface area contributed by atoms with Gasteiger partial charge in [0.25, 0.3) is 0 Å². The van der Waals surface area contributed by atoms with Crippen molar-refractivity contribution in [3.63, 3.8) is 0 Å². The second-order valence-corrected chi connectivity index (χ2v) is 2.81. The van der Waals surface area contributed by atoms with E-state index < -0.39 is 7.32 Å². The highest BCUT2D eigenvalue weighted by molar-refractivity contribution is 6.33. The average Bonchev–Trinajstić information content (AvgIpc) is 2.03. The highest BCUT2D eigenvalue weighted by atomic mass is 16.6. The van der Waals surface area contributed by atoms with Gasteiger partial charge >= 0.3 is 7.32 Å². The van der Waals surface area contributed by atoms with Crippen LogP contribution >= 0.6 is 0 Å². The Morgan fingerprint density at radius 1 is 1.23 bits per heavy atom. The molecule has 0 saturated heterocycles. The Kier molecular flexibility index (Phi) is 3.16. The molecule has 0 heterocycles. The number of para-hydroxylation sites is 2. The summed E-state index contributed by atoms with van der Waals surface area (Å²) in [5.41, 5.74) is 0.801. The van der Waals surface area contributed by atoms with Crippen LogP contribution in [0.1, 0.15) is 0 Å². The summed E-state index contributed by atoms with van der Waals surface area (Å²) in [6, 6.07) is 7.13. The molecule has 0 radical (unpaired) electrons.